The largest absolute Gasteiger partial charge is 0.358 e. The van der Waals surface area contributed by atoms with Gasteiger partial charge in [-0.05, 0) is 37.5 Å². The summed E-state index contributed by atoms with van der Waals surface area (Å²) >= 11 is 0. The number of nitrogens with one attached hydrogen (secondary N) is 2. The first-order valence-electron chi connectivity index (χ1n) is 6.31. The first-order valence-corrected chi connectivity index (χ1v) is 6.31. The molecule has 2 aromatic rings. The molecule has 0 fully saturated rings. The van der Waals surface area contributed by atoms with Crippen LogP contribution in [0.25, 0.3) is 10.9 Å². The summed E-state index contributed by atoms with van der Waals surface area (Å²) in [5, 5.41) is 4.91. The first-order chi connectivity index (χ1) is 8.00. The predicted octanol–water partition coefficient (Wildman–Crippen LogP) is 3.59. The Morgan fingerprint density at radius 1 is 1.12 bits per heavy atom. The van der Waals surface area contributed by atoms with Gasteiger partial charge in [0.2, 0.25) is 0 Å². The summed E-state index contributed by atoms with van der Waals surface area (Å²) in [7, 11) is 0. The second kappa shape index (κ2) is 4.53. The Morgan fingerprint density at radius 3 is 2.41 bits per heavy atom. The molecule has 0 unspecified atom stereocenters. The Balaban J connectivity index is 2.54. The molecule has 2 heteroatoms. The molecular weight excluding hydrogens is 208 g/mol. The zero-order chi connectivity index (χ0) is 12.6. The lowest BCUT2D eigenvalue weighted by atomic mass is 10.0. The van der Waals surface area contributed by atoms with Crippen molar-refractivity contribution >= 4 is 10.9 Å². The third kappa shape index (κ3) is 2.22. The van der Waals surface area contributed by atoms with Gasteiger partial charge < -0.3 is 10.3 Å². The van der Waals surface area contributed by atoms with Gasteiger partial charge in [-0.1, -0.05) is 26.0 Å². The lowest BCUT2D eigenvalue weighted by Gasteiger charge is -2.09. The molecule has 1 aromatic heterocycles. The van der Waals surface area contributed by atoms with Crippen molar-refractivity contribution in [3.8, 4) is 0 Å². The summed E-state index contributed by atoms with van der Waals surface area (Å²) in [6.45, 7) is 11.8. The van der Waals surface area contributed by atoms with Crippen molar-refractivity contribution in [2.75, 3.05) is 0 Å². The van der Waals surface area contributed by atoms with Crippen LogP contribution in [-0.2, 0) is 6.54 Å². The second-order valence-electron chi connectivity index (χ2n) is 5.21. The fraction of sp³-hybridized carbons (Fsp3) is 0.467. The van der Waals surface area contributed by atoms with Gasteiger partial charge in [-0.3, -0.25) is 0 Å². The fourth-order valence-electron chi connectivity index (χ4n) is 2.34. The van der Waals surface area contributed by atoms with Crippen LogP contribution in [0.3, 0.4) is 0 Å². The van der Waals surface area contributed by atoms with Gasteiger partial charge in [-0.2, -0.15) is 0 Å². The summed E-state index contributed by atoms with van der Waals surface area (Å²) in [5.74, 6) is 0. The van der Waals surface area contributed by atoms with Crippen molar-refractivity contribution in [1.82, 2.24) is 10.3 Å². The van der Waals surface area contributed by atoms with E-state index in [9.17, 15) is 0 Å². The standard InChI is InChI=1S/C15H22N2/c1-9(2)16-8-13-12(5)17-15-11(4)7-6-10(3)14(13)15/h6-7,9,16-17H,8H2,1-5H3. The maximum atomic E-state index is 3.52. The molecule has 1 aromatic carbocycles. The zero-order valence-electron chi connectivity index (χ0n) is 11.4. The van der Waals surface area contributed by atoms with E-state index in [1.54, 1.807) is 0 Å². The highest BCUT2D eigenvalue weighted by molar-refractivity contribution is 5.90. The van der Waals surface area contributed by atoms with E-state index in [-0.39, 0.29) is 0 Å². The molecule has 2 rings (SSSR count). The molecule has 0 aliphatic heterocycles. The number of fused-ring (bicyclic) bond motifs is 1. The molecule has 0 saturated heterocycles. The Labute approximate surface area is 103 Å². The summed E-state index contributed by atoms with van der Waals surface area (Å²) in [6.07, 6.45) is 0. The molecule has 0 aliphatic rings. The molecule has 0 bridgehead atoms. The molecule has 2 N–H and O–H groups in total. The lowest BCUT2D eigenvalue weighted by Crippen LogP contribution is -2.22. The molecule has 0 radical (unpaired) electrons. The average molecular weight is 230 g/mol. The van der Waals surface area contributed by atoms with E-state index < -0.39 is 0 Å². The van der Waals surface area contributed by atoms with Crippen LogP contribution >= 0.6 is 0 Å². The highest BCUT2D eigenvalue weighted by Crippen LogP contribution is 2.27. The third-order valence-corrected chi connectivity index (χ3v) is 3.38. The minimum atomic E-state index is 0.518. The number of rotatable bonds is 3. The fourth-order valence-corrected chi connectivity index (χ4v) is 2.34. The van der Waals surface area contributed by atoms with Crippen molar-refractivity contribution in [3.05, 3.63) is 34.5 Å². The minimum Gasteiger partial charge on any atom is -0.358 e. The summed E-state index contributed by atoms with van der Waals surface area (Å²) in [5.41, 5.74) is 6.67. The average Bonchev–Trinajstić information content (AvgIpc) is 2.59. The maximum Gasteiger partial charge on any atom is 0.0491 e. The number of benzene rings is 1. The number of aryl methyl sites for hydroxylation is 3. The zero-order valence-corrected chi connectivity index (χ0v) is 11.4. The van der Waals surface area contributed by atoms with Crippen molar-refractivity contribution < 1.29 is 0 Å². The first kappa shape index (κ1) is 12.2. The van der Waals surface area contributed by atoms with Crippen LogP contribution in [0.2, 0.25) is 0 Å². The highest BCUT2D eigenvalue weighted by atomic mass is 14.9. The molecule has 0 saturated carbocycles. The molecule has 0 atom stereocenters. The molecule has 0 spiro atoms. The smallest absolute Gasteiger partial charge is 0.0491 e. The van der Waals surface area contributed by atoms with Crippen LogP contribution in [0.1, 0.15) is 36.2 Å². The van der Waals surface area contributed by atoms with Gasteiger partial charge in [0.15, 0.2) is 0 Å². The quantitative estimate of drug-likeness (QED) is 0.828. The van der Waals surface area contributed by atoms with Crippen LogP contribution in [-0.4, -0.2) is 11.0 Å². The van der Waals surface area contributed by atoms with E-state index in [2.05, 4.69) is 57.1 Å². The Kier molecular flexibility index (Phi) is 3.25. The van der Waals surface area contributed by atoms with Crippen LogP contribution in [0.4, 0.5) is 0 Å². The molecular formula is C15H22N2. The SMILES string of the molecule is Cc1[nH]c2c(C)ccc(C)c2c1CNC(C)C. The van der Waals surface area contributed by atoms with Gasteiger partial charge in [0.05, 0.1) is 0 Å². The third-order valence-electron chi connectivity index (χ3n) is 3.38. The van der Waals surface area contributed by atoms with E-state index in [0.717, 1.165) is 6.54 Å². The molecule has 17 heavy (non-hydrogen) atoms. The van der Waals surface area contributed by atoms with E-state index in [4.69, 9.17) is 0 Å². The van der Waals surface area contributed by atoms with Gasteiger partial charge in [0.25, 0.3) is 0 Å². The van der Waals surface area contributed by atoms with Crippen molar-refractivity contribution in [1.29, 1.82) is 0 Å². The van der Waals surface area contributed by atoms with Crippen LogP contribution in [0.5, 0.6) is 0 Å². The lowest BCUT2D eigenvalue weighted by molar-refractivity contribution is 0.589. The van der Waals surface area contributed by atoms with Gasteiger partial charge in [0.1, 0.15) is 0 Å². The monoisotopic (exact) mass is 230 g/mol. The maximum absolute atomic E-state index is 3.52. The van der Waals surface area contributed by atoms with Crippen molar-refractivity contribution in [2.45, 2.75) is 47.2 Å². The Bertz CT molecular complexity index is 535. The normalized spacial score (nSPS) is 11.6. The van der Waals surface area contributed by atoms with Crippen LogP contribution < -0.4 is 5.32 Å². The number of aromatic amines is 1. The summed E-state index contributed by atoms with van der Waals surface area (Å²) < 4.78 is 0. The molecule has 0 aliphatic carbocycles. The van der Waals surface area contributed by atoms with Gasteiger partial charge in [-0.15, -0.1) is 0 Å². The second-order valence-corrected chi connectivity index (χ2v) is 5.21. The minimum absolute atomic E-state index is 0.518. The van der Waals surface area contributed by atoms with Crippen LogP contribution in [0, 0.1) is 20.8 Å². The van der Waals surface area contributed by atoms with Crippen molar-refractivity contribution in [2.24, 2.45) is 0 Å². The molecule has 92 valence electrons. The number of hydrogen-bond donors (Lipinski definition) is 2. The molecule has 1 heterocycles. The molecule has 2 nitrogen and oxygen atoms in total. The summed E-state index contributed by atoms with van der Waals surface area (Å²) in [4.78, 5) is 3.52. The van der Waals surface area contributed by atoms with E-state index in [1.165, 1.54) is 33.3 Å². The summed E-state index contributed by atoms with van der Waals surface area (Å²) in [6, 6.07) is 4.92. The van der Waals surface area contributed by atoms with Gasteiger partial charge >= 0.3 is 0 Å². The molecule has 0 amide bonds. The van der Waals surface area contributed by atoms with Crippen LogP contribution in [0.15, 0.2) is 12.1 Å². The topological polar surface area (TPSA) is 27.8 Å². The number of aromatic nitrogens is 1. The number of H-pyrrole nitrogens is 1. The van der Waals surface area contributed by atoms with E-state index >= 15 is 0 Å². The van der Waals surface area contributed by atoms with E-state index in [0.29, 0.717) is 6.04 Å². The Hall–Kier alpha value is -1.28. The van der Waals surface area contributed by atoms with E-state index in [1.807, 2.05) is 0 Å². The van der Waals surface area contributed by atoms with Crippen molar-refractivity contribution in [3.63, 3.8) is 0 Å². The van der Waals surface area contributed by atoms with Gasteiger partial charge in [-0.25, -0.2) is 0 Å². The van der Waals surface area contributed by atoms with Gasteiger partial charge in [0, 0.05) is 29.2 Å². The predicted molar refractivity (Wildman–Crippen MR) is 74.5 cm³/mol. The number of hydrogen-bond acceptors (Lipinski definition) is 1. The highest BCUT2D eigenvalue weighted by Gasteiger charge is 2.12. The Morgan fingerprint density at radius 2 is 1.76 bits per heavy atom.